The maximum absolute atomic E-state index is 12.1. The van der Waals surface area contributed by atoms with Crippen LogP contribution in [0, 0.1) is 0 Å². The molecule has 0 aliphatic heterocycles. The van der Waals surface area contributed by atoms with Crippen LogP contribution >= 0.6 is 0 Å². The summed E-state index contributed by atoms with van der Waals surface area (Å²) in [7, 11) is 3.08. The minimum absolute atomic E-state index is 0.167. The van der Waals surface area contributed by atoms with E-state index < -0.39 is 18.1 Å². The average Bonchev–Trinajstić information content (AvgIpc) is 2.79. The quantitative estimate of drug-likeness (QED) is 0.131. The number of esters is 1. The Morgan fingerprint density at radius 3 is 1.53 bits per heavy atom. The lowest BCUT2D eigenvalue weighted by atomic mass is 10.0. The van der Waals surface area contributed by atoms with Crippen molar-refractivity contribution < 1.29 is 23.8 Å². The third kappa shape index (κ3) is 18.3. The van der Waals surface area contributed by atoms with Gasteiger partial charge in [-0.05, 0) is 13.3 Å². The number of ether oxygens (including phenoxy) is 3. The molecule has 32 heavy (non-hydrogen) atoms. The second-order valence-corrected chi connectivity index (χ2v) is 8.86. The van der Waals surface area contributed by atoms with Gasteiger partial charge in [-0.1, -0.05) is 103 Å². The Hall–Kier alpha value is -1.30. The number of hydrogen-bond acceptors (Lipinski definition) is 5. The molecule has 0 aromatic carbocycles. The smallest absolute Gasteiger partial charge is 0.410 e. The fourth-order valence-corrected chi connectivity index (χ4v) is 3.57. The molecule has 0 fully saturated rings. The number of likely N-dealkylation sites (N-methyl/N-ethyl adjacent to an activating group) is 1. The van der Waals surface area contributed by atoms with Crippen molar-refractivity contribution in [3.8, 4) is 0 Å². The molecule has 0 aliphatic carbocycles. The number of unbranched alkanes of at least 4 members (excludes halogenated alkanes) is 15. The van der Waals surface area contributed by atoms with Gasteiger partial charge in [-0.15, -0.1) is 0 Å². The summed E-state index contributed by atoms with van der Waals surface area (Å²) in [5.74, 6) is -0.392. The van der Waals surface area contributed by atoms with Gasteiger partial charge in [0.05, 0.1) is 13.2 Å². The molecule has 1 atom stereocenters. The number of hydrogen-bond donors (Lipinski definition) is 0. The molecule has 1 amide bonds. The molecule has 0 aromatic heterocycles. The van der Waals surface area contributed by atoms with Crippen LogP contribution in [0.15, 0.2) is 0 Å². The number of carbonyl (C=O) groups excluding carboxylic acids is 2. The zero-order valence-corrected chi connectivity index (χ0v) is 21.5. The lowest BCUT2D eigenvalue weighted by Crippen LogP contribution is -2.42. The Morgan fingerprint density at radius 2 is 1.09 bits per heavy atom. The summed E-state index contributed by atoms with van der Waals surface area (Å²) in [6.07, 6.45) is 20.5. The molecule has 0 saturated heterocycles. The van der Waals surface area contributed by atoms with E-state index in [0.29, 0.717) is 13.2 Å². The normalized spacial score (nSPS) is 11.9. The monoisotopic (exact) mass is 457 g/mol. The van der Waals surface area contributed by atoms with Crippen LogP contribution in [-0.4, -0.2) is 57.0 Å². The van der Waals surface area contributed by atoms with Crippen molar-refractivity contribution in [2.75, 3.05) is 34.0 Å². The summed E-state index contributed by atoms with van der Waals surface area (Å²) in [4.78, 5) is 25.2. The first-order chi connectivity index (χ1) is 15.5. The van der Waals surface area contributed by atoms with Crippen molar-refractivity contribution in [3.63, 3.8) is 0 Å². The van der Waals surface area contributed by atoms with Crippen LogP contribution in [0.5, 0.6) is 0 Å². The second kappa shape index (κ2) is 22.9. The van der Waals surface area contributed by atoms with Crippen LogP contribution in [0.2, 0.25) is 0 Å². The third-order valence-corrected chi connectivity index (χ3v) is 5.97. The van der Waals surface area contributed by atoms with Crippen LogP contribution in [0.25, 0.3) is 0 Å². The number of methoxy groups -OCH3 is 1. The molecule has 6 heteroatoms. The van der Waals surface area contributed by atoms with Crippen LogP contribution in [0.4, 0.5) is 4.79 Å². The third-order valence-electron chi connectivity index (χ3n) is 5.97. The van der Waals surface area contributed by atoms with Gasteiger partial charge in [0.1, 0.15) is 12.6 Å². The minimum atomic E-state index is -0.661. The summed E-state index contributed by atoms with van der Waals surface area (Å²) < 4.78 is 15.2. The molecule has 0 bridgehead atoms. The first-order valence-corrected chi connectivity index (χ1v) is 13.1. The Labute approximate surface area is 197 Å². The van der Waals surface area contributed by atoms with Gasteiger partial charge < -0.3 is 14.2 Å². The van der Waals surface area contributed by atoms with E-state index in [1.165, 1.54) is 109 Å². The van der Waals surface area contributed by atoms with Crippen molar-refractivity contribution in [1.29, 1.82) is 0 Å². The van der Waals surface area contributed by atoms with Crippen LogP contribution in [0.3, 0.4) is 0 Å². The van der Waals surface area contributed by atoms with E-state index in [-0.39, 0.29) is 6.61 Å². The van der Waals surface area contributed by atoms with E-state index in [0.717, 1.165) is 12.8 Å². The Bertz CT molecular complexity index is 444. The van der Waals surface area contributed by atoms with Gasteiger partial charge in [0.2, 0.25) is 0 Å². The largest absolute Gasteiger partial charge is 0.464 e. The number of amides is 1. The molecule has 0 aromatic rings. The number of rotatable bonds is 22. The molecular weight excluding hydrogens is 406 g/mol. The zero-order chi connectivity index (χ0) is 23.9. The predicted octanol–water partition coefficient (Wildman–Crippen LogP) is 6.89. The van der Waals surface area contributed by atoms with Crippen LogP contribution in [0.1, 0.15) is 117 Å². The summed E-state index contributed by atoms with van der Waals surface area (Å²) in [6, 6.07) is -0.661. The van der Waals surface area contributed by atoms with Crippen molar-refractivity contribution >= 4 is 12.1 Å². The summed E-state index contributed by atoms with van der Waals surface area (Å²) >= 11 is 0. The summed E-state index contributed by atoms with van der Waals surface area (Å²) in [5.41, 5.74) is 0. The van der Waals surface area contributed by atoms with E-state index in [1.54, 1.807) is 6.92 Å². The molecule has 0 saturated carbocycles. The molecule has 6 nitrogen and oxygen atoms in total. The van der Waals surface area contributed by atoms with Gasteiger partial charge >= 0.3 is 12.1 Å². The molecule has 1 unspecified atom stereocenters. The highest BCUT2D eigenvalue weighted by atomic mass is 16.6. The Kier molecular flexibility index (Phi) is 21.9. The average molecular weight is 458 g/mol. The van der Waals surface area contributed by atoms with Crippen LogP contribution in [-0.2, 0) is 19.0 Å². The SMILES string of the molecule is CCCCCCCCCCCCCCCCCCOC(=O)C(C)N(C)C(=O)OCCOC. The van der Waals surface area contributed by atoms with Gasteiger partial charge in [-0.2, -0.15) is 0 Å². The van der Waals surface area contributed by atoms with Crippen molar-refractivity contribution in [2.45, 2.75) is 123 Å². The van der Waals surface area contributed by atoms with E-state index >= 15 is 0 Å². The molecular formula is C26H51NO5. The van der Waals surface area contributed by atoms with Gasteiger partial charge in [0, 0.05) is 14.2 Å². The van der Waals surface area contributed by atoms with Gasteiger partial charge in [0.25, 0.3) is 0 Å². The highest BCUT2D eigenvalue weighted by Gasteiger charge is 2.24. The fourth-order valence-electron chi connectivity index (χ4n) is 3.57. The standard InChI is InChI=1S/C26H51NO5/c1-5-6-7-8-9-10-11-12-13-14-15-16-17-18-19-20-21-31-25(28)24(2)27(3)26(29)32-23-22-30-4/h24H,5-23H2,1-4H3. The van der Waals surface area contributed by atoms with E-state index in [9.17, 15) is 9.59 Å². The predicted molar refractivity (Wildman–Crippen MR) is 131 cm³/mol. The molecule has 0 rings (SSSR count). The Morgan fingerprint density at radius 1 is 0.656 bits per heavy atom. The number of nitrogens with zero attached hydrogens (tertiary/aromatic N) is 1. The molecule has 0 aliphatic rings. The highest BCUT2D eigenvalue weighted by Crippen LogP contribution is 2.13. The van der Waals surface area contributed by atoms with Crippen LogP contribution < -0.4 is 0 Å². The minimum Gasteiger partial charge on any atom is -0.464 e. The maximum Gasteiger partial charge on any atom is 0.410 e. The zero-order valence-electron chi connectivity index (χ0n) is 21.5. The molecule has 190 valence electrons. The lowest BCUT2D eigenvalue weighted by Gasteiger charge is -2.22. The van der Waals surface area contributed by atoms with E-state index in [2.05, 4.69) is 6.92 Å². The lowest BCUT2D eigenvalue weighted by molar-refractivity contribution is -0.148. The van der Waals surface area contributed by atoms with Crippen molar-refractivity contribution in [1.82, 2.24) is 4.90 Å². The Balaban J connectivity index is 3.45. The van der Waals surface area contributed by atoms with Crippen molar-refractivity contribution in [3.05, 3.63) is 0 Å². The van der Waals surface area contributed by atoms with Crippen molar-refractivity contribution in [2.24, 2.45) is 0 Å². The topological polar surface area (TPSA) is 65.1 Å². The fraction of sp³-hybridized carbons (Fsp3) is 0.923. The van der Waals surface area contributed by atoms with Gasteiger partial charge in [-0.25, -0.2) is 9.59 Å². The molecule has 0 radical (unpaired) electrons. The maximum atomic E-state index is 12.1. The number of carbonyl (C=O) groups is 2. The second-order valence-electron chi connectivity index (χ2n) is 8.86. The highest BCUT2D eigenvalue weighted by molar-refractivity contribution is 5.80. The summed E-state index contributed by atoms with van der Waals surface area (Å²) in [5, 5.41) is 0. The first-order valence-electron chi connectivity index (χ1n) is 13.1. The first kappa shape index (κ1) is 30.7. The van der Waals surface area contributed by atoms with Gasteiger partial charge in [-0.3, -0.25) is 4.90 Å². The van der Waals surface area contributed by atoms with E-state index in [4.69, 9.17) is 14.2 Å². The summed E-state index contributed by atoms with van der Waals surface area (Å²) in [6.45, 7) is 4.83. The molecule has 0 N–H and O–H groups in total. The van der Waals surface area contributed by atoms with E-state index in [1.807, 2.05) is 0 Å². The van der Waals surface area contributed by atoms with Gasteiger partial charge in [0.15, 0.2) is 0 Å². The molecule has 0 heterocycles. The molecule has 0 spiro atoms.